The summed E-state index contributed by atoms with van der Waals surface area (Å²) in [7, 11) is -11.9. The maximum Gasteiger partial charge on any atom is 0.249 e. The van der Waals surface area contributed by atoms with Crippen molar-refractivity contribution in [2.75, 3.05) is 95.5 Å². The van der Waals surface area contributed by atoms with Crippen molar-refractivity contribution in [3.05, 3.63) is 108 Å². The number of nitrogens with zero attached hydrogens (tertiary/aromatic N) is 2. The van der Waals surface area contributed by atoms with E-state index in [1.807, 2.05) is 155 Å². The van der Waals surface area contributed by atoms with Crippen molar-refractivity contribution in [1.29, 1.82) is 0 Å². The van der Waals surface area contributed by atoms with E-state index in [1.165, 1.54) is 12.5 Å². The van der Waals surface area contributed by atoms with E-state index in [4.69, 9.17) is 34.6 Å². The number of carbonyl (C=O) groups is 3. The van der Waals surface area contributed by atoms with Gasteiger partial charge in [0, 0.05) is 121 Å². The standard InChI is InChI=1S/C16H17NO2.C12H11NO2.C9H18O2Si.4C6H17O2P.4C3H8O.CH4.La.Pd/c1-10-7-12-13(8-10)15(18)17-14(12)9-19-16(17)11-5-3-2-4-6-11;14-11-7-6-10-8-15-12(13(10)11)9-4-2-1-3-5-9;1-8(6-11-9(2)10)7-12(3,4)5;4*1-3-5-9(7,8)6-4-2;4*1-2-3-4;;;/h2-6,12-14,16H,1,7-9H2;1-7,10,12H,8H2;1,6-7H2,2-5H3;4*7-9H,3-6H2,1-2H3;4*4H,2-3H2,1H3;1H4;;/t12-,13?,14?,16-;10?,12-;;;;;;;;;;;;/m00............/s1. The number of benzene rings is 2. The molecule has 3 saturated heterocycles. The molecule has 6 atom stereocenters. The van der Waals surface area contributed by atoms with E-state index in [2.05, 4.69) is 32.8 Å². The third-order valence-electron chi connectivity index (χ3n) is 14.9. The van der Waals surface area contributed by atoms with Gasteiger partial charge in [0.1, 0.15) is 6.61 Å². The molecule has 12 N–H and O–H groups in total. The van der Waals surface area contributed by atoms with Crippen LogP contribution in [0.2, 0.25) is 25.7 Å². The van der Waals surface area contributed by atoms with Crippen molar-refractivity contribution in [1.82, 2.24) is 9.80 Å². The molecule has 0 aromatic heterocycles. The minimum atomic E-state index is -2.70. The van der Waals surface area contributed by atoms with Gasteiger partial charge in [-0.1, -0.05) is 140 Å². The van der Waals surface area contributed by atoms with Gasteiger partial charge >= 0.3 is 232 Å². The molecule has 1 radical (unpaired) electrons. The molecule has 7 rings (SSSR count). The number of fused-ring (bicyclic) bond motifs is 4. The average Bonchev–Trinajstić information content (AvgIpc) is 1.58. The Balaban J connectivity index is -0.000000199. The Morgan fingerprint density at radius 2 is 0.842 bits per heavy atom. The van der Waals surface area contributed by atoms with E-state index in [0.29, 0.717) is 101 Å². The van der Waals surface area contributed by atoms with Crippen LogP contribution in [0.1, 0.15) is 211 Å². The molecular weight excluding hydrogens is 1600 g/mol. The molecule has 20 nitrogen and oxygen atoms in total. The molecule has 101 heavy (non-hydrogen) atoms. The Labute approximate surface area is 658 Å². The molecule has 4 fully saturated rings. The van der Waals surface area contributed by atoms with E-state index < -0.39 is 38.9 Å². The summed E-state index contributed by atoms with van der Waals surface area (Å²) < 4.78 is 16.4. The summed E-state index contributed by atoms with van der Waals surface area (Å²) in [6.45, 7) is 42.6. The summed E-state index contributed by atoms with van der Waals surface area (Å²) >= 11 is 0. The van der Waals surface area contributed by atoms with Crippen LogP contribution in [0.3, 0.4) is 0 Å². The molecule has 2 aromatic carbocycles. The zero-order valence-electron chi connectivity index (χ0n) is 64.6. The Morgan fingerprint density at radius 3 is 1.13 bits per heavy atom. The molecule has 0 bridgehead atoms. The smallest absolute Gasteiger partial charge is 0.249 e. The van der Waals surface area contributed by atoms with E-state index in [1.54, 1.807) is 11.0 Å². The molecule has 1 saturated carbocycles. The van der Waals surface area contributed by atoms with E-state index in [-0.39, 0.29) is 112 Å². The summed E-state index contributed by atoms with van der Waals surface area (Å²) in [5.74, 6) is 0.666. The molecule has 5 aliphatic rings. The zero-order chi connectivity index (χ0) is 76.0. The number of esters is 1. The Morgan fingerprint density at radius 1 is 0.535 bits per heavy atom. The first-order valence-electron chi connectivity index (χ1n) is 36.4. The minimum Gasteiger partial charge on any atom is -0.351 e. The molecule has 2 aromatic rings. The monoisotopic (exact) mass is 1750 g/mol. The minimum absolute atomic E-state index is 0. The summed E-state index contributed by atoms with van der Waals surface area (Å²) in [4.78, 5) is 112. The summed E-state index contributed by atoms with van der Waals surface area (Å²) in [6.07, 6.45) is 20.6. The van der Waals surface area contributed by atoms with Crippen LogP contribution in [0, 0.1) is 47.4 Å². The first-order valence-corrected chi connectivity index (χ1v) is 49.4. The fraction of sp³-hybridized carbons (Fsp3) is 0.716. The molecule has 2 amide bonds. The molecule has 4 aliphatic heterocycles. The first-order chi connectivity index (χ1) is 46.1. The van der Waals surface area contributed by atoms with Crippen LogP contribution in [-0.2, 0) is 49.0 Å². The third kappa shape index (κ3) is 57.1. The van der Waals surface area contributed by atoms with Crippen LogP contribution in [0.25, 0.3) is 0 Å². The van der Waals surface area contributed by atoms with Gasteiger partial charge < -0.3 is 44.4 Å². The molecule has 0 spiro atoms. The number of allylic oxidation sites excluding steroid dienone is 1. The van der Waals surface area contributed by atoms with Crippen LogP contribution in [0.15, 0.2) is 97.1 Å². The summed E-state index contributed by atoms with van der Waals surface area (Å²) in [6, 6.07) is 21.3. The number of aliphatic hydroxyl groups is 4. The molecule has 1 aliphatic carbocycles. The number of hydrogen-bond donors (Lipinski definition) is 12. The van der Waals surface area contributed by atoms with Crippen molar-refractivity contribution in [2.24, 2.45) is 11.8 Å². The van der Waals surface area contributed by atoms with Crippen molar-refractivity contribution >= 4 is 56.7 Å². The normalized spacial score (nSPS) is 18.6. The number of amides is 2. The fourth-order valence-corrected chi connectivity index (χ4v) is 19.7. The number of aliphatic hydroxyl groups excluding tert-OH is 4. The van der Waals surface area contributed by atoms with E-state index >= 15 is 0 Å². The maximum absolute atomic E-state index is 12.6. The maximum atomic E-state index is 12.6. The second-order valence-corrected chi connectivity index (χ2v) is 44.0. The molecule has 601 valence electrons. The van der Waals surface area contributed by atoms with Crippen molar-refractivity contribution in [2.45, 2.75) is 238 Å². The molecule has 4 heterocycles. The number of carbonyl (C=O) groups excluding carboxylic acids is 3. The van der Waals surface area contributed by atoms with Crippen LogP contribution >= 0.6 is 30.9 Å². The SMILES string of the molecule is C.C=C(COC(C)=O)C[Si](C)(C)C.C=C1CC2C(=O)N3C(CO[C@H]3c3ccccc3)[C@H]2C1.CCCO.CCCO.CCCO.CCCO.CCC[PH](O)(O)CCC.CCC[PH](O)(O)CCC.CCC[PH](O)(O)CCC.CCC[PH](O)(O)CCC.O=C1C=CC2CO[C@@H](c3ccccc3)N12.[La].[Pd]. The van der Waals surface area contributed by atoms with Crippen molar-refractivity contribution in [3.8, 4) is 0 Å². The Hall–Kier alpha value is -0.696. The summed E-state index contributed by atoms with van der Waals surface area (Å²) in [5.41, 5.74) is 4.38. The molecule has 27 heteroatoms. The average molecular weight is 1750 g/mol. The van der Waals surface area contributed by atoms with Crippen LogP contribution in [0.5, 0.6) is 0 Å². The first kappa shape index (κ1) is 114. The largest absolute Gasteiger partial charge is 0.351 e. The Kier molecular flexibility index (Phi) is 75.8. The molecular formula is C74H150LaN2O18P4PdSi. The van der Waals surface area contributed by atoms with Gasteiger partial charge in [-0.15, -0.1) is 0 Å². The number of ether oxygens (including phenoxy) is 3. The van der Waals surface area contributed by atoms with Crippen LogP contribution in [-0.4, -0.2) is 203 Å². The second-order valence-electron chi connectivity index (χ2n) is 26.7. The van der Waals surface area contributed by atoms with Gasteiger partial charge in [-0.2, -0.15) is 0 Å². The van der Waals surface area contributed by atoms with Crippen molar-refractivity contribution < 1.29 is 144 Å². The predicted octanol–water partition coefficient (Wildman–Crippen LogP) is 14.1. The van der Waals surface area contributed by atoms with Gasteiger partial charge in [-0.25, -0.2) is 0 Å². The molecule has 3 unspecified atom stereocenters. The number of hydrogen-bond acceptors (Lipinski definition) is 18. The topological polar surface area (TPSA) is 328 Å². The van der Waals surface area contributed by atoms with Gasteiger partial charge in [-0.05, 0) is 56.1 Å². The van der Waals surface area contributed by atoms with Gasteiger partial charge in [0.2, 0.25) is 11.8 Å². The fourth-order valence-electron chi connectivity index (χ4n) is 10.7. The number of rotatable bonds is 26. The summed E-state index contributed by atoms with van der Waals surface area (Å²) in [5, 5.41) is 31.5. The third-order valence-corrected chi connectivity index (χ3v) is 26.9. The zero-order valence-corrected chi connectivity index (χ0v) is 74.8. The Bertz CT molecular complexity index is 2220. The van der Waals surface area contributed by atoms with Gasteiger partial charge in [0.25, 0.3) is 0 Å². The predicted molar refractivity (Wildman–Crippen MR) is 428 cm³/mol. The van der Waals surface area contributed by atoms with Gasteiger partial charge in [0.05, 0.1) is 25.3 Å². The van der Waals surface area contributed by atoms with E-state index in [9.17, 15) is 53.5 Å². The van der Waals surface area contributed by atoms with Crippen LogP contribution < -0.4 is 0 Å². The van der Waals surface area contributed by atoms with Crippen molar-refractivity contribution in [3.63, 3.8) is 0 Å². The quantitative estimate of drug-likeness (QED) is 0.0180. The van der Waals surface area contributed by atoms with Gasteiger partial charge in [-0.3, -0.25) is 14.4 Å². The van der Waals surface area contributed by atoms with Crippen LogP contribution in [0.4, 0.5) is 0 Å². The van der Waals surface area contributed by atoms with Gasteiger partial charge in [0.15, 0.2) is 12.5 Å². The second kappa shape index (κ2) is 67.4. The van der Waals surface area contributed by atoms with E-state index in [0.717, 1.165) is 113 Å².